The van der Waals surface area contributed by atoms with Crippen molar-refractivity contribution in [2.75, 3.05) is 12.4 Å². The molecule has 1 saturated heterocycles. The van der Waals surface area contributed by atoms with Crippen molar-refractivity contribution in [1.29, 1.82) is 0 Å². The molecule has 1 amide bonds. The van der Waals surface area contributed by atoms with Gasteiger partial charge in [0.1, 0.15) is 6.04 Å². The zero-order valence-corrected chi connectivity index (χ0v) is 15.1. The molecule has 3 rings (SSSR count). The average Bonchev–Trinajstić information content (AvgIpc) is 3.20. The molecule has 138 valence electrons. The molecule has 3 N–H and O–H groups in total. The van der Waals surface area contributed by atoms with Gasteiger partial charge in [-0.1, -0.05) is 6.07 Å². The summed E-state index contributed by atoms with van der Waals surface area (Å²) < 4.78 is 6.77. The Morgan fingerprint density at radius 2 is 2.08 bits per heavy atom. The lowest BCUT2D eigenvalue weighted by Gasteiger charge is -2.31. The van der Waals surface area contributed by atoms with Crippen LogP contribution in [0.2, 0.25) is 0 Å². The Morgan fingerprint density at radius 3 is 2.69 bits per heavy atom. The number of aryl methyl sites for hydroxylation is 1. The Hall–Kier alpha value is -2.71. The van der Waals surface area contributed by atoms with E-state index in [4.69, 9.17) is 4.74 Å². The lowest BCUT2D eigenvalue weighted by molar-refractivity contribution is -0.119. The monoisotopic (exact) mass is 357 g/mol. The molecule has 0 radical (unpaired) electrons. The number of carbonyl (C=O) groups excluding carboxylic acids is 2. The molecule has 1 fully saturated rings. The predicted molar refractivity (Wildman–Crippen MR) is 96.4 cm³/mol. The Bertz CT molecular complexity index is 795. The summed E-state index contributed by atoms with van der Waals surface area (Å²) in [4.78, 5) is 28.8. The second kappa shape index (κ2) is 7.67. The first-order chi connectivity index (χ1) is 12.5. The van der Waals surface area contributed by atoms with Gasteiger partial charge in [0.25, 0.3) is 0 Å². The Morgan fingerprint density at radius 1 is 1.27 bits per heavy atom. The van der Waals surface area contributed by atoms with Gasteiger partial charge in [-0.3, -0.25) is 4.79 Å². The van der Waals surface area contributed by atoms with Crippen LogP contribution in [-0.4, -0.2) is 34.6 Å². The highest BCUT2D eigenvalue weighted by Crippen LogP contribution is 2.25. The van der Waals surface area contributed by atoms with Crippen LogP contribution in [0.1, 0.15) is 40.5 Å². The third-order valence-electron chi connectivity index (χ3n) is 4.74. The molecule has 26 heavy (non-hydrogen) atoms. The van der Waals surface area contributed by atoms with Crippen molar-refractivity contribution < 1.29 is 14.3 Å². The molecule has 0 saturated carbocycles. The summed E-state index contributed by atoms with van der Waals surface area (Å²) in [5.74, 6) is -0.668. The van der Waals surface area contributed by atoms with Gasteiger partial charge in [-0.15, -0.1) is 0 Å². The van der Waals surface area contributed by atoms with Crippen molar-refractivity contribution in [2.45, 2.75) is 38.9 Å². The number of hydrogen-bond acceptors (Lipinski definition) is 6. The number of carbonyl (C=O) groups is 2. The van der Waals surface area contributed by atoms with E-state index in [1.807, 2.05) is 30.7 Å². The van der Waals surface area contributed by atoms with Crippen molar-refractivity contribution in [2.24, 2.45) is 0 Å². The number of nitrogens with zero attached hydrogens (tertiary/aromatic N) is 2. The van der Waals surface area contributed by atoms with Crippen LogP contribution in [0.15, 0.2) is 30.9 Å². The van der Waals surface area contributed by atoms with Crippen molar-refractivity contribution in [1.82, 2.24) is 20.4 Å². The zero-order valence-electron chi connectivity index (χ0n) is 15.1. The van der Waals surface area contributed by atoms with Gasteiger partial charge >= 0.3 is 5.97 Å². The quantitative estimate of drug-likeness (QED) is 0.721. The van der Waals surface area contributed by atoms with Gasteiger partial charge in [0, 0.05) is 12.4 Å². The molecular weight excluding hydrogens is 334 g/mol. The van der Waals surface area contributed by atoms with Crippen LogP contribution in [0.5, 0.6) is 0 Å². The maximum absolute atomic E-state index is 12.7. The summed E-state index contributed by atoms with van der Waals surface area (Å²) in [7, 11) is 1.33. The van der Waals surface area contributed by atoms with E-state index < -0.39 is 12.0 Å². The van der Waals surface area contributed by atoms with Crippen LogP contribution in [-0.2, 0) is 9.53 Å². The van der Waals surface area contributed by atoms with Crippen LogP contribution in [0.4, 0.5) is 5.69 Å². The van der Waals surface area contributed by atoms with E-state index in [0.717, 1.165) is 17.5 Å². The zero-order chi connectivity index (χ0) is 18.7. The van der Waals surface area contributed by atoms with E-state index in [0.29, 0.717) is 17.7 Å². The third-order valence-corrected chi connectivity index (χ3v) is 4.74. The van der Waals surface area contributed by atoms with Gasteiger partial charge in [0.05, 0.1) is 30.9 Å². The number of methoxy groups -OCH3 is 1. The van der Waals surface area contributed by atoms with E-state index in [9.17, 15) is 9.59 Å². The number of amides is 1. The lowest BCUT2D eigenvalue weighted by atomic mass is 10.0. The lowest BCUT2D eigenvalue weighted by Crippen LogP contribution is -2.54. The molecule has 1 aromatic heterocycles. The highest BCUT2D eigenvalue weighted by Gasteiger charge is 2.27. The second-order valence-electron chi connectivity index (χ2n) is 6.36. The highest BCUT2D eigenvalue weighted by molar-refractivity contribution is 6.03. The van der Waals surface area contributed by atoms with Crippen LogP contribution >= 0.6 is 0 Å². The topological polar surface area (TPSA) is 97.3 Å². The fourth-order valence-electron chi connectivity index (χ4n) is 3.01. The van der Waals surface area contributed by atoms with Gasteiger partial charge in [-0.25, -0.2) is 20.6 Å². The van der Waals surface area contributed by atoms with E-state index in [-0.39, 0.29) is 12.1 Å². The minimum atomic E-state index is -0.474. The fraction of sp³-hybridized carbons (Fsp3) is 0.389. The Labute approximate surface area is 151 Å². The first-order valence-electron chi connectivity index (χ1n) is 8.49. The molecule has 8 heteroatoms. The van der Waals surface area contributed by atoms with Gasteiger partial charge in [-0.05, 0) is 43.9 Å². The van der Waals surface area contributed by atoms with Crippen LogP contribution in [0, 0.1) is 13.8 Å². The number of hydrazine groups is 1. The van der Waals surface area contributed by atoms with Crippen molar-refractivity contribution in [3.8, 4) is 0 Å². The molecule has 8 nitrogen and oxygen atoms in total. The van der Waals surface area contributed by atoms with Crippen LogP contribution in [0.25, 0.3) is 0 Å². The fourth-order valence-corrected chi connectivity index (χ4v) is 3.01. The Balaban J connectivity index is 1.71. The molecule has 1 aliphatic rings. The van der Waals surface area contributed by atoms with E-state index in [1.165, 1.54) is 7.11 Å². The first kappa shape index (κ1) is 18.1. The predicted octanol–water partition coefficient (Wildman–Crippen LogP) is 1.68. The van der Waals surface area contributed by atoms with Crippen LogP contribution in [0.3, 0.4) is 0 Å². The summed E-state index contributed by atoms with van der Waals surface area (Å²) in [6.45, 7) is 3.81. The molecule has 2 heterocycles. The standard InChI is InChI=1S/C18H23N5O3/c1-11-4-5-13(18(25)26-3)16(12(11)2)20-17(24)14-6-7-15(22-21-14)23-9-8-19-10-23/h4-5,8-10,14-15,21-22H,6-7H2,1-3H3,(H,20,24). The number of nitrogens with one attached hydrogen (secondary N) is 3. The number of hydrogen-bond donors (Lipinski definition) is 3. The highest BCUT2D eigenvalue weighted by atomic mass is 16.5. The summed E-state index contributed by atoms with van der Waals surface area (Å²) in [6.07, 6.45) is 6.80. The second-order valence-corrected chi connectivity index (χ2v) is 6.36. The van der Waals surface area contributed by atoms with E-state index in [2.05, 4.69) is 21.2 Å². The van der Waals surface area contributed by atoms with Gasteiger partial charge < -0.3 is 14.6 Å². The first-order valence-corrected chi connectivity index (χ1v) is 8.49. The van der Waals surface area contributed by atoms with Gasteiger partial charge in [-0.2, -0.15) is 0 Å². The van der Waals surface area contributed by atoms with Crippen molar-refractivity contribution >= 4 is 17.6 Å². The summed E-state index contributed by atoms with van der Waals surface area (Å²) in [6, 6.07) is 3.11. The molecule has 2 aromatic rings. The normalized spacial score (nSPS) is 19.8. The van der Waals surface area contributed by atoms with Crippen LogP contribution < -0.4 is 16.2 Å². The maximum Gasteiger partial charge on any atom is 0.339 e. The number of aromatic nitrogens is 2. The average molecular weight is 357 g/mol. The molecule has 0 bridgehead atoms. The van der Waals surface area contributed by atoms with Gasteiger partial charge in [0.2, 0.25) is 5.91 Å². The molecular formula is C18H23N5O3. The summed E-state index contributed by atoms with van der Waals surface area (Å²) in [5, 5.41) is 2.89. The SMILES string of the molecule is COC(=O)c1ccc(C)c(C)c1NC(=O)C1CCC(n2ccnc2)NN1. The smallest absolute Gasteiger partial charge is 0.339 e. The Kier molecular flexibility index (Phi) is 5.34. The number of imidazole rings is 1. The number of benzene rings is 1. The molecule has 0 spiro atoms. The minimum absolute atomic E-state index is 0.0490. The summed E-state index contributed by atoms with van der Waals surface area (Å²) >= 11 is 0. The minimum Gasteiger partial charge on any atom is -0.465 e. The molecule has 2 unspecified atom stereocenters. The summed E-state index contributed by atoms with van der Waals surface area (Å²) in [5.41, 5.74) is 8.87. The molecule has 2 atom stereocenters. The molecule has 0 aliphatic carbocycles. The van der Waals surface area contributed by atoms with E-state index in [1.54, 1.807) is 18.6 Å². The molecule has 1 aromatic carbocycles. The number of anilines is 1. The van der Waals surface area contributed by atoms with Gasteiger partial charge in [0.15, 0.2) is 0 Å². The maximum atomic E-state index is 12.7. The number of rotatable bonds is 4. The van der Waals surface area contributed by atoms with E-state index >= 15 is 0 Å². The van der Waals surface area contributed by atoms with Crippen molar-refractivity contribution in [3.05, 3.63) is 47.5 Å². The number of ether oxygens (including phenoxy) is 1. The van der Waals surface area contributed by atoms with Crippen molar-refractivity contribution in [3.63, 3.8) is 0 Å². The largest absolute Gasteiger partial charge is 0.465 e. The molecule has 1 aliphatic heterocycles. The third kappa shape index (κ3) is 3.61. The number of esters is 1.